The minimum absolute atomic E-state index is 0.657. The molecular weight excluding hydrogens is 673 g/mol. The van der Waals surface area contributed by atoms with Gasteiger partial charge in [-0.1, -0.05) is 72.8 Å². The summed E-state index contributed by atoms with van der Waals surface area (Å²) in [5, 5.41) is 13.8. The van der Waals surface area contributed by atoms with Crippen LogP contribution in [0, 0.1) is 6.57 Å². The van der Waals surface area contributed by atoms with Crippen LogP contribution in [0.2, 0.25) is 0 Å². The predicted octanol–water partition coefficient (Wildman–Crippen LogP) is 14.8. The van der Waals surface area contributed by atoms with Crippen LogP contribution in [0.1, 0.15) is 0 Å². The van der Waals surface area contributed by atoms with Gasteiger partial charge in [0, 0.05) is 32.3 Å². The summed E-state index contributed by atoms with van der Waals surface area (Å²) in [4.78, 5) is 3.93. The van der Waals surface area contributed by atoms with Crippen molar-refractivity contribution in [1.29, 1.82) is 0 Å². The van der Waals surface area contributed by atoms with Crippen molar-refractivity contribution in [2.75, 3.05) is 0 Å². The molecule has 0 unspecified atom stereocenters. The molecule has 0 aliphatic heterocycles. The maximum absolute atomic E-state index is 8.00. The molecule has 9 aromatic carbocycles. The molecular formula is C51H26N2O2. The van der Waals surface area contributed by atoms with Gasteiger partial charge in [-0.2, -0.15) is 0 Å². The van der Waals surface area contributed by atoms with E-state index in [1.54, 1.807) is 0 Å². The Kier molecular flexibility index (Phi) is 5.41. The summed E-state index contributed by atoms with van der Waals surface area (Å²) in [6, 6.07) is 56.3. The molecule has 0 aliphatic carbocycles. The van der Waals surface area contributed by atoms with Crippen molar-refractivity contribution in [1.82, 2.24) is 4.40 Å². The van der Waals surface area contributed by atoms with Crippen molar-refractivity contribution >= 4 is 109 Å². The lowest BCUT2D eigenvalue weighted by molar-refractivity contribution is 0.668. The number of nitrogens with zero attached hydrogens (tertiary/aromatic N) is 2. The molecule has 4 aromatic heterocycles. The molecule has 4 heteroatoms. The lowest BCUT2D eigenvalue weighted by Gasteiger charge is -2.08. The highest BCUT2D eigenvalue weighted by molar-refractivity contribution is 6.27. The van der Waals surface area contributed by atoms with E-state index in [1.807, 2.05) is 24.3 Å². The maximum Gasteiger partial charge on any atom is 0.188 e. The number of rotatable bonds is 2. The largest absolute Gasteiger partial charge is 0.456 e. The van der Waals surface area contributed by atoms with Crippen LogP contribution in [0.25, 0.3) is 131 Å². The average molecular weight is 699 g/mol. The van der Waals surface area contributed by atoms with Crippen LogP contribution in [-0.4, -0.2) is 4.40 Å². The van der Waals surface area contributed by atoms with Gasteiger partial charge in [-0.3, -0.25) is 0 Å². The first-order chi connectivity index (χ1) is 27.1. The normalized spacial score (nSPS) is 12.3. The second-order valence-corrected chi connectivity index (χ2v) is 14.8. The second-order valence-electron chi connectivity index (χ2n) is 14.8. The van der Waals surface area contributed by atoms with Crippen LogP contribution in [0.15, 0.2) is 167 Å². The van der Waals surface area contributed by atoms with Crippen molar-refractivity contribution in [3.8, 4) is 22.3 Å². The number of furan rings is 2. The van der Waals surface area contributed by atoms with Gasteiger partial charge in [-0.15, -0.1) is 0 Å². The fourth-order valence-electron chi connectivity index (χ4n) is 9.25. The van der Waals surface area contributed by atoms with E-state index in [1.165, 1.54) is 21.5 Å². The molecule has 13 rings (SSSR count). The lowest BCUT2D eigenvalue weighted by atomic mass is 9.97. The Bertz CT molecular complexity index is 3610. The predicted molar refractivity (Wildman–Crippen MR) is 228 cm³/mol. The first-order valence-corrected chi connectivity index (χ1v) is 18.5. The Morgan fingerprint density at radius 2 is 0.818 bits per heavy atom. The van der Waals surface area contributed by atoms with E-state index >= 15 is 0 Å². The summed E-state index contributed by atoms with van der Waals surface area (Å²) >= 11 is 0. The Morgan fingerprint density at radius 1 is 0.364 bits per heavy atom. The first-order valence-electron chi connectivity index (χ1n) is 18.5. The van der Waals surface area contributed by atoms with E-state index in [0.29, 0.717) is 5.69 Å². The fraction of sp³-hybridized carbons (Fsp3) is 0. The number of para-hydroxylation sites is 2. The third-order valence-corrected chi connectivity index (χ3v) is 11.8. The Labute approximate surface area is 312 Å². The van der Waals surface area contributed by atoms with E-state index in [2.05, 4.69) is 143 Å². The zero-order valence-corrected chi connectivity index (χ0v) is 29.2. The maximum atomic E-state index is 8.00. The molecule has 0 saturated carbocycles. The van der Waals surface area contributed by atoms with Gasteiger partial charge in [0.05, 0.1) is 23.1 Å². The molecule has 13 aromatic rings. The molecule has 4 nitrogen and oxygen atoms in total. The van der Waals surface area contributed by atoms with Gasteiger partial charge in [0.1, 0.15) is 22.3 Å². The summed E-state index contributed by atoms with van der Waals surface area (Å²) in [6.07, 6.45) is 0. The molecule has 55 heavy (non-hydrogen) atoms. The third kappa shape index (κ3) is 3.94. The molecule has 0 aliphatic rings. The molecule has 0 spiro atoms. The zero-order chi connectivity index (χ0) is 35.9. The third-order valence-electron chi connectivity index (χ3n) is 11.8. The molecule has 0 bridgehead atoms. The van der Waals surface area contributed by atoms with Crippen molar-refractivity contribution in [2.45, 2.75) is 0 Å². The number of aromatic nitrogens is 1. The van der Waals surface area contributed by atoms with Crippen molar-refractivity contribution in [2.24, 2.45) is 0 Å². The van der Waals surface area contributed by atoms with E-state index in [9.17, 15) is 0 Å². The number of fused-ring (bicyclic) bond motifs is 14. The highest BCUT2D eigenvalue weighted by Crippen LogP contribution is 2.44. The minimum Gasteiger partial charge on any atom is -0.456 e. The van der Waals surface area contributed by atoms with Crippen molar-refractivity contribution < 1.29 is 8.83 Å². The average Bonchev–Trinajstić information content (AvgIpc) is 3.97. The van der Waals surface area contributed by atoms with Crippen LogP contribution in [0.5, 0.6) is 0 Å². The van der Waals surface area contributed by atoms with E-state index in [4.69, 9.17) is 15.4 Å². The monoisotopic (exact) mass is 698 g/mol. The smallest absolute Gasteiger partial charge is 0.188 e. The molecule has 0 atom stereocenters. The topological polar surface area (TPSA) is 35.0 Å². The molecule has 4 heterocycles. The fourth-order valence-corrected chi connectivity index (χ4v) is 9.25. The summed E-state index contributed by atoms with van der Waals surface area (Å²) in [5.41, 5.74) is 12.4. The van der Waals surface area contributed by atoms with Gasteiger partial charge in [-0.05, 0) is 140 Å². The molecule has 252 valence electrons. The van der Waals surface area contributed by atoms with Crippen molar-refractivity contribution in [3.05, 3.63) is 169 Å². The van der Waals surface area contributed by atoms with Crippen LogP contribution >= 0.6 is 0 Å². The molecule has 0 radical (unpaired) electrons. The van der Waals surface area contributed by atoms with Gasteiger partial charge < -0.3 is 13.2 Å². The molecule has 0 saturated heterocycles. The standard InChI is InChI=1S/C51H26N2O2/c1-52-36-26-43-39-20-32-12-10-28(30-14-16-49-41(22-30)37-6-2-4-8-47(37)54-49)18-34(32)24-45(39)53-46-25-35-19-29(11-13-33(35)21-40(46)44(27-36)51(43)53)31-15-17-50-42(23-31)38-7-3-5-9-48(38)55-50/h2-27H. The van der Waals surface area contributed by atoms with Crippen molar-refractivity contribution in [3.63, 3.8) is 0 Å². The Morgan fingerprint density at radius 3 is 1.33 bits per heavy atom. The number of benzene rings is 9. The highest BCUT2D eigenvalue weighted by atomic mass is 16.3. The summed E-state index contributed by atoms with van der Waals surface area (Å²) in [5.74, 6) is 0. The molecule has 0 amide bonds. The quantitative estimate of drug-likeness (QED) is 0.168. The van der Waals surface area contributed by atoms with Gasteiger partial charge >= 0.3 is 0 Å². The molecule has 0 fully saturated rings. The molecule has 0 N–H and O–H groups in total. The number of hydrogen-bond acceptors (Lipinski definition) is 2. The number of hydrogen-bond donors (Lipinski definition) is 0. The summed E-state index contributed by atoms with van der Waals surface area (Å²) < 4.78 is 14.7. The van der Waals surface area contributed by atoms with E-state index in [0.717, 1.165) is 104 Å². The highest BCUT2D eigenvalue weighted by Gasteiger charge is 2.20. The second kappa shape index (κ2) is 10.3. The first kappa shape index (κ1) is 28.9. The van der Waals surface area contributed by atoms with Crippen LogP contribution in [-0.2, 0) is 0 Å². The summed E-state index contributed by atoms with van der Waals surface area (Å²) in [7, 11) is 0. The van der Waals surface area contributed by atoms with Gasteiger partial charge in [0.15, 0.2) is 5.69 Å². The van der Waals surface area contributed by atoms with Gasteiger partial charge in [0.25, 0.3) is 0 Å². The van der Waals surface area contributed by atoms with E-state index in [-0.39, 0.29) is 0 Å². The SMILES string of the molecule is [C-]#[N+]c1cc2c3cc4ccc(-c5ccc6oc7ccccc7c6c5)cc4cc3n3c4cc5cc(-c6ccc7oc8ccccc8c7c6)ccc5cc4c(c1)c23. The van der Waals surface area contributed by atoms with Crippen LogP contribution in [0.3, 0.4) is 0 Å². The minimum atomic E-state index is 0.657. The Balaban J connectivity index is 1.03. The Hall–Kier alpha value is -7.61. The summed E-state index contributed by atoms with van der Waals surface area (Å²) in [6.45, 7) is 8.00. The lowest BCUT2D eigenvalue weighted by Crippen LogP contribution is -1.84. The van der Waals surface area contributed by atoms with Crippen LogP contribution < -0.4 is 0 Å². The van der Waals surface area contributed by atoms with Gasteiger partial charge in [0.2, 0.25) is 0 Å². The van der Waals surface area contributed by atoms with Gasteiger partial charge in [-0.25, -0.2) is 4.85 Å². The van der Waals surface area contributed by atoms with E-state index < -0.39 is 0 Å². The zero-order valence-electron chi connectivity index (χ0n) is 29.2. The van der Waals surface area contributed by atoms with Crippen LogP contribution in [0.4, 0.5) is 5.69 Å².